The van der Waals surface area contributed by atoms with Gasteiger partial charge in [0.15, 0.2) is 11.6 Å². The molecule has 3 aromatic rings. The van der Waals surface area contributed by atoms with Gasteiger partial charge in [-0.2, -0.15) is 4.98 Å². The Morgan fingerprint density at radius 1 is 1.38 bits per heavy atom. The maximum Gasteiger partial charge on any atom is 0.269 e. The summed E-state index contributed by atoms with van der Waals surface area (Å²) in [7, 11) is 0. The molecule has 11 nitrogen and oxygen atoms in total. The predicted octanol–water partition coefficient (Wildman–Crippen LogP) is 2.52. The molecule has 13 heteroatoms. The zero-order valence-electron chi connectivity index (χ0n) is 17.7. The number of nitrogens with one attached hydrogen (secondary N) is 1. The summed E-state index contributed by atoms with van der Waals surface area (Å²) in [6, 6.07) is 5.84. The third kappa shape index (κ3) is 4.04. The van der Waals surface area contributed by atoms with Gasteiger partial charge >= 0.3 is 0 Å². The lowest BCUT2D eigenvalue weighted by Gasteiger charge is -2.35. The number of primary amides is 1. The van der Waals surface area contributed by atoms with Crippen LogP contribution in [0.4, 0.5) is 15.9 Å². The minimum absolute atomic E-state index is 0.00907. The van der Waals surface area contributed by atoms with Crippen molar-refractivity contribution >= 4 is 29.0 Å². The second-order valence-electron chi connectivity index (χ2n) is 8.69. The lowest BCUT2D eigenvalue weighted by atomic mass is 9.81. The van der Waals surface area contributed by atoms with E-state index in [0.29, 0.717) is 18.5 Å². The Balaban J connectivity index is 1.37. The van der Waals surface area contributed by atoms with E-state index in [1.54, 1.807) is 16.8 Å². The van der Waals surface area contributed by atoms with Gasteiger partial charge in [0.25, 0.3) is 5.69 Å². The van der Waals surface area contributed by atoms with Crippen molar-refractivity contribution in [3.05, 3.63) is 69.1 Å². The molecule has 0 spiro atoms. The molecule has 2 aliphatic rings. The van der Waals surface area contributed by atoms with Crippen LogP contribution in [0.15, 0.2) is 36.7 Å². The molecule has 34 heavy (non-hydrogen) atoms. The van der Waals surface area contributed by atoms with Crippen LogP contribution in [0, 0.1) is 33.7 Å². The second-order valence-corrected chi connectivity index (χ2v) is 9.03. The first-order valence-electron chi connectivity index (χ1n) is 10.7. The fraction of sp³-hybridized carbons (Fsp3) is 0.381. The average molecular weight is 487 g/mol. The highest BCUT2D eigenvalue weighted by Crippen LogP contribution is 2.54. The van der Waals surface area contributed by atoms with Crippen molar-refractivity contribution in [2.45, 2.75) is 31.3 Å². The number of fused-ring (bicyclic) bond motifs is 2. The van der Waals surface area contributed by atoms with E-state index in [1.165, 1.54) is 12.1 Å². The molecular formula is C21H20ClFN8O3. The highest BCUT2D eigenvalue weighted by Gasteiger charge is 2.56. The molecule has 2 aliphatic carbocycles. The van der Waals surface area contributed by atoms with Gasteiger partial charge in [-0.05, 0) is 35.9 Å². The molecule has 0 saturated heterocycles. The number of nitro groups is 1. The van der Waals surface area contributed by atoms with Gasteiger partial charge in [0.1, 0.15) is 0 Å². The monoisotopic (exact) mass is 486 g/mol. The van der Waals surface area contributed by atoms with Crippen molar-refractivity contribution in [1.29, 1.82) is 0 Å². The number of hydrogen-bond donors (Lipinski definition) is 2. The third-order valence-electron chi connectivity index (χ3n) is 6.72. The zero-order valence-corrected chi connectivity index (χ0v) is 18.5. The molecule has 1 amide bonds. The minimum Gasteiger partial charge on any atom is -0.369 e. The summed E-state index contributed by atoms with van der Waals surface area (Å²) < 4.78 is 16.0. The molecule has 2 aromatic heterocycles. The average Bonchev–Trinajstić information content (AvgIpc) is 3.51. The van der Waals surface area contributed by atoms with E-state index in [2.05, 4.69) is 25.6 Å². The SMILES string of the molecule is NC(=O)[C@H]1[C@H]2C[C@H]([C@H]1Nc1nc(Cl)ncc1F)[C@H](n1cc(Cc3cccc([N+](=O)[O-])c3)nn1)C2. The number of nitro benzene ring substituents is 1. The summed E-state index contributed by atoms with van der Waals surface area (Å²) >= 11 is 5.82. The third-order valence-corrected chi connectivity index (χ3v) is 6.90. The van der Waals surface area contributed by atoms with Crippen molar-refractivity contribution < 1.29 is 14.1 Å². The van der Waals surface area contributed by atoms with E-state index >= 15 is 0 Å². The Morgan fingerprint density at radius 2 is 2.21 bits per heavy atom. The van der Waals surface area contributed by atoms with Crippen molar-refractivity contribution in [3.8, 4) is 0 Å². The highest BCUT2D eigenvalue weighted by molar-refractivity contribution is 6.28. The van der Waals surface area contributed by atoms with Crippen LogP contribution in [0.2, 0.25) is 5.28 Å². The first kappa shape index (κ1) is 22.1. The van der Waals surface area contributed by atoms with Crippen molar-refractivity contribution in [3.63, 3.8) is 0 Å². The number of carbonyl (C=O) groups excluding carboxylic acids is 1. The highest BCUT2D eigenvalue weighted by atomic mass is 35.5. The van der Waals surface area contributed by atoms with E-state index in [4.69, 9.17) is 17.3 Å². The fourth-order valence-corrected chi connectivity index (χ4v) is 5.52. The fourth-order valence-electron chi connectivity index (χ4n) is 5.39. The van der Waals surface area contributed by atoms with Crippen molar-refractivity contribution in [1.82, 2.24) is 25.0 Å². The van der Waals surface area contributed by atoms with Crippen LogP contribution in [0.1, 0.15) is 30.1 Å². The Hall–Kier alpha value is -3.67. The summed E-state index contributed by atoms with van der Waals surface area (Å²) in [5.74, 6) is -1.74. The van der Waals surface area contributed by atoms with Gasteiger partial charge in [-0.15, -0.1) is 5.10 Å². The first-order valence-corrected chi connectivity index (χ1v) is 11.1. The smallest absolute Gasteiger partial charge is 0.269 e. The summed E-state index contributed by atoms with van der Waals surface area (Å²) in [5, 5.41) is 22.5. The molecule has 176 valence electrons. The molecule has 3 N–H and O–H groups in total. The molecule has 5 rings (SSSR count). The molecule has 0 unspecified atom stereocenters. The lowest BCUT2D eigenvalue weighted by Crippen LogP contribution is -2.45. The number of aromatic nitrogens is 5. The number of non-ortho nitro benzene ring substituents is 1. The van der Waals surface area contributed by atoms with E-state index in [1.807, 2.05) is 6.20 Å². The standard InChI is InChI=1S/C21H20ClFN8O3/c22-21-25-8-15(23)20(27-21)26-18-14-6-11(17(18)19(24)32)7-16(14)30-9-12(28-29-30)4-10-2-1-3-13(5-10)31(33)34/h1-3,5,8-9,11,14,16-18H,4,6-7H2,(H2,24,32)(H,25,26,27)/t11-,14-,16+,17-,18+/m0/s1. The van der Waals surface area contributed by atoms with Crippen LogP contribution in [0.5, 0.6) is 0 Å². The maximum atomic E-state index is 14.3. The van der Waals surface area contributed by atoms with Gasteiger partial charge in [0.2, 0.25) is 11.2 Å². The van der Waals surface area contributed by atoms with Gasteiger partial charge in [-0.25, -0.2) is 14.1 Å². The van der Waals surface area contributed by atoms with Crippen molar-refractivity contribution in [2.75, 3.05) is 5.32 Å². The molecule has 2 heterocycles. The number of carbonyl (C=O) groups is 1. The van der Waals surface area contributed by atoms with Crippen LogP contribution in [0.3, 0.4) is 0 Å². The number of hydrogen-bond acceptors (Lipinski definition) is 8. The Kier molecular flexibility index (Phi) is 5.60. The second kappa shape index (κ2) is 8.60. The minimum atomic E-state index is -0.674. The van der Waals surface area contributed by atoms with Gasteiger partial charge in [0, 0.05) is 36.7 Å². The number of rotatable bonds is 7. The van der Waals surface area contributed by atoms with Crippen LogP contribution >= 0.6 is 11.6 Å². The summed E-state index contributed by atoms with van der Waals surface area (Å²) in [6.07, 6.45) is 4.57. The summed E-state index contributed by atoms with van der Waals surface area (Å²) in [6.45, 7) is 0. The van der Waals surface area contributed by atoms with Gasteiger partial charge in [-0.3, -0.25) is 14.9 Å². The number of amides is 1. The quantitative estimate of drug-likeness (QED) is 0.293. The summed E-state index contributed by atoms with van der Waals surface area (Å²) in [5.41, 5.74) is 7.11. The molecule has 1 aromatic carbocycles. The van der Waals surface area contributed by atoms with Gasteiger partial charge < -0.3 is 11.1 Å². The normalized spacial score (nSPS) is 25.4. The zero-order chi connectivity index (χ0) is 24.0. The molecular weight excluding hydrogens is 467 g/mol. The number of nitrogens with zero attached hydrogens (tertiary/aromatic N) is 6. The van der Waals surface area contributed by atoms with E-state index in [9.17, 15) is 19.3 Å². The van der Waals surface area contributed by atoms with Gasteiger partial charge in [-0.1, -0.05) is 17.3 Å². The molecule has 0 aliphatic heterocycles. The van der Waals surface area contributed by atoms with Crippen molar-refractivity contribution in [2.24, 2.45) is 23.5 Å². The number of halogens is 2. The number of anilines is 1. The molecule has 2 saturated carbocycles. The van der Waals surface area contributed by atoms with Gasteiger partial charge in [0.05, 0.1) is 28.8 Å². The predicted molar refractivity (Wildman–Crippen MR) is 118 cm³/mol. The largest absolute Gasteiger partial charge is 0.369 e. The molecule has 2 fully saturated rings. The number of nitrogens with two attached hydrogens (primary N) is 1. The van der Waals surface area contributed by atoms with Crippen LogP contribution in [-0.4, -0.2) is 41.8 Å². The lowest BCUT2D eigenvalue weighted by molar-refractivity contribution is -0.384. The van der Waals surface area contributed by atoms with E-state index in [0.717, 1.165) is 18.2 Å². The van der Waals surface area contributed by atoms with E-state index < -0.39 is 28.6 Å². The van der Waals surface area contributed by atoms with Crippen LogP contribution < -0.4 is 11.1 Å². The Bertz CT molecular complexity index is 1270. The van der Waals surface area contributed by atoms with Crippen LogP contribution in [-0.2, 0) is 11.2 Å². The molecule has 0 radical (unpaired) electrons. The Morgan fingerprint density at radius 3 is 2.97 bits per heavy atom. The first-order chi connectivity index (χ1) is 16.3. The molecule has 5 atom stereocenters. The van der Waals surface area contributed by atoms with Crippen LogP contribution in [0.25, 0.3) is 0 Å². The maximum absolute atomic E-state index is 14.3. The summed E-state index contributed by atoms with van der Waals surface area (Å²) in [4.78, 5) is 30.3. The topological polar surface area (TPSA) is 155 Å². The Labute approximate surface area is 197 Å². The van der Waals surface area contributed by atoms with E-state index in [-0.39, 0.29) is 34.7 Å². The molecule has 2 bridgehead atoms. The number of benzene rings is 1.